The van der Waals surface area contributed by atoms with Gasteiger partial charge < -0.3 is 15.6 Å². The average Bonchev–Trinajstić information content (AvgIpc) is 2.28. The van der Waals surface area contributed by atoms with E-state index in [-0.39, 0.29) is 6.54 Å². The van der Waals surface area contributed by atoms with E-state index in [1.807, 2.05) is 6.92 Å². The Morgan fingerprint density at radius 1 is 1.59 bits per heavy atom. The molecule has 94 valence electrons. The third-order valence-corrected chi connectivity index (χ3v) is 3.02. The second-order valence-electron chi connectivity index (χ2n) is 3.66. The molecule has 4 nitrogen and oxygen atoms in total. The Kier molecular flexibility index (Phi) is 4.78. The summed E-state index contributed by atoms with van der Waals surface area (Å²) < 4.78 is 5.21. The summed E-state index contributed by atoms with van der Waals surface area (Å²) in [6.07, 6.45) is 0.725. The first kappa shape index (κ1) is 13.8. The van der Waals surface area contributed by atoms with Crippen molar-refractivity contribution in [3.8, 4) is 5.75 Å². The SMILES string of the molecule is CCc1c(Cl)cc(C(CN)C(=O)O)cc1OC. The number of carboxylic acids is 1. The molecule has 0 aliphatic rings. The molecule has 0 heterocycles. The Morgan fingerprint density at radius 3 is 2.65 bits per heavy atom. The van der Waals surface area contributed by atoms with Gasteiger partial charge in [-0.15, -0.1) is 0 Å². The normalized spacial score (nSPS) is 12.2. The van der Waals surface area contributed by atoms with Crippen LogP contribution in [0.5, 0.6) is 5.75 Å². The molecule has 0 aliphatic carbocycles. The molecular weight excluding hydrogens is 242 g/mol. The van der Waals surface area contributed by atoms with E-state index in [9.17, 15) is 4.79 Å². The van der Waals surface area contributed by atoms with E-state index in [1.165, 1.54) is 7.11 Å². The molecule has 1 atom stereocenters. The maximum absolute atomic E-state index is 11.0. The van der Waals surface area contributed by atoms with Gasteiger partial charge in [0.05, 0.1) is 13.0 Å². The second-order valence-corrected chi connectivity index (χ2v) is 4.07. The standard InChI is InChI=1S/C12H16ClNO3/c1-3-8-10(13)4-7(5-11(8)17-2)9(6-14)12(15)16/h4-5,9H,3,6,14H2,1-2H3,(H,15,16). The van der Waals surface area contributed by atoms with Crippen LogP contribution >= 0.6 is 11.6 Å². The van der Waals surface area contributed by atoms with E-state index in [0.29, 0.717) is 16.3 Å². The molecule has 17 heavy (non-hydrogen) atoms. The van der Waals surface area contributed by atoms with Gasteiger partial charge in [0, 0.05) is 17.1 Å². The highest BCUT2D eigenvalue weighted by molar-refractivity contribution is 6.31. The molecule has 0 saturated carbocycles. The van der Waals surface area contributed by atoms with E-state index < -0.39 is 11.9 Å². The fourth-order valence-corrected chi connectivity index (χ4v) is 2.09. The lowest BCUT2D eigenvalue weighted by atomic mass is 9.97. The molecule has 0 aliphatic heterocycles. The third kappa shape index (κ3) is 2.90. The van der Waals surface area contributed by atoms with Gasteiger partial charge in [-0.25, -0.2) is 0 Å². The van der Waals surface area contributed by atoms with Gasteiger partial charge in [0.1, 0.15) is 5.75 Å². The molecule has 0 bridgehead atoms. The molecule has 0 amide bonds. The summed E-state index contributed by atoms with van der Waals surface area (Å²) in [6.45, 7) is 1.99. The number of nitrogens with two attached hydrogens (primary N) is 1. The monoisotopic (exact) mass is 257 g/mol. The fraction of sp³-hybridized carbons (Fsp3) is 0.417. The zero-order valence-electron chi connectivity index (χ0n) is 9.87. The number of hydrogen-bond acceptors (Lipinski definition) is 3. The van der Waals surface area contributed by atoms with Gasteiger partial charge in [0.15, 0.2) is 0 Å². The van der Waals surface area contributed by atoms with Crippen LogP contribution in [0.1, 0.15) is 24.0 Å². The van der Waals surface area contributed by atoms with Crippen molar-refractivity contribution in [1.29, 1.82) is 0 Å². The summed E-state index contributed by atoms with van der Waals surface area (Å²) in [5.74, 6) is -1.11. The van der Waals surface area contributed by atoms with Gasteiger partial charge in [-0.05, 0) is 24.1 Å². The maximum atomic E-state index is 11.0. The number of carbonyl (C=O) groups is 1. The minimum absolute atomic E-state index is 0.0281. The highest BCUT2D eigenvalue weighted by atomic mass is 35.5. The van der Waals surface area contributed by atoms with Gasteiger partial charge in [-0.1, -0.05) is 18.5 Å². The third-order valence-electron chi connectivity index (χ3n) is 2.69. The van der Waals surface area contributed by atoms with E-state index >= 15 is 0 Å². The molecular formula is C12H16ClNO3. The molecule has 1 aromatic rings. The molecule has 0 fully saturated rings. The zero-order chi connectivity index (χ0) is 13.0. The largest absolute Gasteiger partial charge is 0.496 e. The van der Waals surface area contributed by atoms with Crippen LogP contribution in [-0.2, 0) is 11.2 Å². The van der Waals surface area contributed by atoms with Crippen LogP contribution in [-0.4, -0.2) is 24.7 Å². The highest BCUT2D eigenvalue weighted by Crippen LogP contribution is 2.31. The number of methoxy groups -OCH3 is 1. The average molecular weight is 258 g/mol. The van der Waals surface area contributed by atoms with Crippen LogP contribution in [0.2, 0.25) is 5.02 Å². The van der Waals surface area contributed by atoms with Gasteiger partial charge in [-0.3, -0.25) is 4.79 Å². The molecule has 1 aromatic carbocycles. The van der Waals surface area contributed by atoms with Gasteiger partial charge >= 0.3 is 5.97 Å². The summed E-state index contributed by atoms with van der Waals surface area (Å²) in [7, 11) is 1.53. The van der Waals surface area contributed by atoms with E-state index in [1.54, 1.807) is 12.1 Å². The topological polar surface area (TPSA) is 72.6 Å². The minimum Gasteiger partial charge on any atom is -0.496 e. The lowest BCUT2D eigenvalue weighted by Crippen LogP contribution is -2.21. The van der Waals surface area contributed by atoms with Crippen molar-refractivity contribution < 1.29 is 14.6 Å². The van der Waals surface area contributed by atoms with Gasteiger partial charge in [-0.2, -0.15) is 0 Å². The highest BCUT2D eigenvalue weighted by Gasteiger charge is 2.20. The number of rotatable bonds is 5. The van der Waals surface area contributed by atoms with Crippen molar-refractivity contribution in [1.82, 2.24) is 0 Å². The van der Waals surface area contributed by atoms with Crippen molar-refractivity contribution in [2.45, 2.75) is 19.3 Å². The summed E-state index contributed by atoms with van der Waals surface area (Å²) in [5, 5.41) is 9.56. The number of halogens is 1. The molecule has 5 heteroatoms. The fourth-order valence-electron chi connectivity index (χ4n) is 1.74. The van der Waals surface area contributed by atoms with Crippen LogP contribution < -0.4 is 10.5 Å². The first-order chi connectivity index (χ1) is 8.04. The summed E-state index contributed by atoms with van der Waals surface area (Å²) in [5.41, 5.74) is 6.90. The van der Waals surface area contributed by atoms with Gasteiger partial charge in [0.25, 0.3) is 0 Å². The van der Waals surface area contributed by atoms with Crippen molar-refractivity contribution in [3.63, 3.8) is 0 Å². The van der Waals surface area contributed by atoms with Crippen LogP contribution in [0.25, 0.3) is 0 Å². The molecule has 1 unspecified atom stereocenters. The van der Waals surface area contributed by atoms with E-state index in [4.69, 9.17) is 27.2 Å². The van der Waals surface area contributed by atoms with Crippen LogP contribution in [0.4, 0.5) is 0 Å². The van der Waals surface area contributed by atoms with E-state index in [2.05, 4.69) is 0 Å². The van der Waals surface area contributed by atoms with Crippen molar-refractivity contribution in [2.24, 2.45) is 5.73 Å². The Bertz CT molecular complexity index is 420. The smallest absolute Gasteiger partial charge is 0.312 e. The summed E-state index contributed by atoms with van der Waals surface area (Å²) >= 11 is 6.11. The molecule has 3 N–H and O–H groups in total. The quantitative estimate of drug-likeness (QED) is 0.847. The number of ether oxygens (including phenoxy) is 1. The Hall–Kier alpha value is -1.26. The Morgan fingerprint density at radius 2 is 2.24 bits per heavy atom. The molecule has 0 radical (unpaired) electrons. The van der Waals surface area contributed by atoms with Crippen molar-refractivity contribution in [3.05, 3.63) is 28.3 Å². The minimum atomic E-state index is -0.963. The molecule has 0 aromatic heterocycles. The number of benzene rings is 1. The number of aliphatic carboxylic acids is 1. The summed E-state index contributed by atoms with van der Waals surface area (Å²) in [6, 6.07) is 3.34. The number of carboxylic acid groups (broad SMARTS) is 1. The second kappa shape index (κ2) is 5.89. The molecule has 0 saturated heterocycles. The maximum Gasteiger partial charge on any atom is 0.312 e. The van der Waals surface area contributed by atoms with Crippen LogP contribution in [0.3, 0.4) is 0 Å². The van der Waals surface area contributed by atoms with Crippen LogP contribution in [0.15, 0.2) is 12.1 Å². The van der Waals surface area contributed by atoms with Gasteiger partial charge in [0.2, 0.25) is 0 Å². The number of hydrogen-bond donors (Lipinski definition) is 2. The zero-order valence-corrected chi connectivity index (χ0v) is 10.6. The predicted molar refractivity (Wildman–Crippen MR) is 66.8 cm³/mol. The van der Waals surface area contributed by atoms with Crippen LogP contribution in [0, 0.1) is 0 Å². The molecule has 0 spiro atoms. The lowest BCUT2D eigenvalue weighted by Gasteiger charge is -2.15. The Labute approximate surface area is 105 Å². The predicted octanol–water partition coefficient (Wildman–Crippen LogP) is 2.04. The summed E-state index contributed by atoms with van der Waals surface area (Å²) in [4.78, 5) is 11.0. The Balaban J connectivity index is 3.27. The van der Waals surface area contributed by atoms with Crippen molar-refractivity contribution >= 4 is 17.6 Å². The van der Waals surface area contributed by atoms with Crippen molar-refractivity contribution in [2.75, 3.05) is 13.7 Å². The molecule has 1 rings (SSSR count). The first-order valence-corrected chi connectivity index (χ1v) is 5.72. The first-order valence-electron chi connectivity index (χ1n) is 5.34. The van der Waals surface area contributed by atoms with E-state index in [0.717, 1.165) is 12.0 Å². The lowest BCUT2D eigenvalue weighted by molar-refractivity contribution is -0.138.